The molecule has 0 unspecified atom stereocenters. The van der Waals surface area contributed by atoms with Crippen LogP contribution in [0, 0.1) is 23.7 Å². The molecule has 0 amide bonds. The van der Waals surface area contributed by atoms with E-state index in [9.17, 15) is 0 Å². The van der Waals surface area contributed by atoms with Gasteiger partial charge < -0.3 is 10.2 Å². The molecule has 0 saturated heterocycles. The summed E-state index contributed by atoms with van der Waals surface area (Å²) in [4.78, 5) is 7.26. The molecule has 0 saturated carbocycles. The Kier molecular flexibility index (Phi) is 9.70. The zero-order valence-corrected chi connectivity index (χ0v) is 15.0. The summed E-state index contributed by atoms with van der Waals surface area (Å²) in [7, 11) is 0. The van der Waals surface area contributed by atoms with Crippen LogP contribution in [0.25, 0.3) is 0 Å². The highest BCUT2D eigenvalue weighted by atomic mass is 15.3. The van der Waals surface area contributed by atoms with Crippen molar-refractivity contribution >= 4 is 5.96 Å². The lowest BCUT2D eigenvalue weighted by Gasteiger charge is -2.30. The summed E-state index contributed by atoms with van der Waals surface area (Å²) >= 11 is 0. The maximum Gasteiger partial charge on any atom is 0.193 e. The largest absolute Gasteiger partial charge is 0.356 e. The molecule has 20 heavy (non-hydrogen) atoms. The summed E-state index contributed by atoms with van der Waals surface area (Å²) in [5.74, 6) is 3.64. The summed E-state index contributed by atoms with van der Waals surface area (Å²) < 4.78 is 0. The van der Waals surface area contributed by atoms with Crippen molar-refractivity contribution in [1.29, 1.82) is 0 Å². The Morgan fingerprint density at radius 3 is 1.65 bits per heavy atom. The van der Waals surface area contributed by atoms with Crippen LogP contribution in [0.15, 0.2) is 4.99 Å². The minimum Gasteiger partial charge on any atom is -0.356 e. The van der Waals surface area contributed by atoms with E-state index in [2.05, 4.69) is 65.6 Å². The standard InChI is InChI=1S/C17H37N3/c1-13(2)9-18-17(19-10-14(3)4)20(11-15(5)6)12-16(7)8/h13-16H,9-12H2,1-8H3,(H,18,19). The molecule has 0 radical (unpaired) electrons. The molecule has 0 rings (SSSR count). The van der Waals surface area contributed by atoms with E-state index in [1.807, 2.05) is 0 Å². The van der Waals surface area contributed by atoms with Crippen LogP contribution in [0.4, 0.5) is 0 Å². The number of guanidine groups is 1. The topological polar surface area (TPSA) is 27.6 Å². The minimum absolute atomic E-state index is 0.603. The van der Waals surface area contributed by atoms with Crippen LogP contribution < -0.4 is 5.32 Å². The minimum atomic E-state index is 0.603. The highest BCUT2D eigenvalue weighted by Crippen LogP contribution is 2.06. The molecule has 0 spiro atoms. The fraction of sp³-hybridized carbons (Fsp3) is 0.941. The Bertz CT molecular complexity index is 257. The smallest absolute Gasteiger partial charge is 0.193 e. The van der Waals surface area contributed by atoms with E-state index in [0.717, 1.165) is 32.1 Å². The van der Waals surface area contributed by atoms with Gasteiger partial charge in [-0.15, -0.1) is 0 Å². The van der Waals surface area contributed by atoms with Crippen molar-refractivity contribution in [2.45, 2.75) is 55.4 Å². The first kappa shape index (κ1) is 19.3. The number of hydrogen-bond donors (Lipinski definition) is 1. The molecule has 0 aliphatic heterocycles. The molecule has 120 valence electrons. The molecule has 0 aliphatic rings. The van der Waals surface area contributed by atoms with Crippen LogP contribution in [0.5, 0.6) is 0 Å². The Labute approximate surface area is 127 Å². The Morgan fingerprint density at radius 2 is 1.30 bits per heavy atom. The molecule has 0 aromatic carbocycles. The van der Waals surface area contributed by atoms with Gasteiger partial charge in [0.05, 0.1) is 0 Å². The van der Waals surface area contributed by atoms with Crippen LogP contribution in [-0.2, 0) is 0 Å². The highest BCUT2D eigenvalue weighted by molar-refractivity contribution is 5.80. The van der Waals surface area contributed by atoms with Crippen LogP contribution in [-0.4, -0.2) is 37.0 Å². The molecular weight excluding hydrogens is 246 g/mol. The van der Waals surface area contributed by atoms with Gasteiger partial charge in [-0.2, -0.15) is 0 Å². The number of aliphatic imine (C=N–C) groups is 1. The van der Waals surface area contributed by atoms with Crippen LogP contribution in [0.2, 0.25) is 0 Å². The third-order valence-electron chi connectivity index (χ3n) is 2.75. The highest BCUT2D eigenvalue weighted by Gasteiger charge is 2.15. The SMILES string of the molecule is CC(C)CN=C(NCC(C)C)N(CC(C)C)CC(C)C. The molecule has 1 N–H and O–H groups in total. The molecule has 3 heteroatoms. The fourth-order valence-corrected chi connectivity index (χ4v) is 1.96. The average Bonchev–Trinajstić information content (AvgIpc) is 2.26. The van der Waals surface area contributed by atoms with Crippen molar-refractivity contribution in [3.8, 4) is 0 Å². The van der Waals surface area contributed by atoms with E-state index in [1.165, 1.54) is 0 Å². The van der Waals surface area contributed by atoms with Gasteiger partial charge in [0.25, 0.3) is 0 Å². The molecule has 0 atom stereocenters. The van der Waals surface area contributed by atoms with Gasteiger partial charge in [-0.1, -0.05) is 55.4 Å². The summed E-state index contributed by atoms with van der Waals surface area (Å²) in [6.45, 7) is 22.0. The second-order valence-electron chi connectivity index (χ2n) is 7.53. The normalized spacial score (nSPS) is 12.9. The van der Waals surface area contributed by atoms with Crippen LogP contribution in [0.1, 0.15) is 55.4 Å². The number of hydrogen-bond acceptors (Lipinski definition) is 1. The summed E-state index contributed by atoms with van der Waals surface area (Å²) in [6.07, 6.45) is 0. The van der Waals surface area contributed by atoms with Crippen molar-refractivity contribution in [2.75, 3.05) is 26.2 Å². The van der Waals surface area contributed by atoms with Crippen molar-refractivity contribution in [2.24, 2.45) is 28.7 Å². The fourth-order valence-electron chi connectivity index (χ4n) is 1.96. The second kappa shape index (κ2) is 10.1. The first-order valence-corrected chi connectivity index (χ1v) is 8.25. The maximum atomic E-state index is 4.83. The molecule has 0 aromatic rings. The molecule has 0 heterocycles. The lowest BCUT2D eigenvalue weighted by atomic mass is 10.1. The van der Waals surface area contributed by atoms with Crippen molar-refractivity contribution < 1.29 is 0 Å². The van der Waals surface area contributed by atoms with Gasteiger partial charge in [-0.05, 0) is 23.7 Å². The van der Waals surface area contributed by atoms with E-state index < -0.39 is 0 Å². The van der Waals surface area contributed by atoms with Gasteiger partial charge in [-0.25, -0.2) is 0 Å². The predicted octanol–water partition coefficient (Wildman–Crippen LogP) is 3.86. The monoisotopic (exact) mass is 283 g/mol. The number of rotatable bonds is 8. The maximum absolute atomic E-state index is 4.83. The molecule has 0 fully saturated rings. The molecular formula is C17H37N3. The summed E-state index contributed by atoms with van der Waals surface area (Å²) in [5, 5.41) is 3.56. The number of nitrogens with zero attached hydrogens (tertiary/aromatic N) is 2. The number of nitrogens with one attached hydrogen (secondary N) is 1. The van der Waals surface area contributed by atoms with E-state index in [1.54, 1.807) is 0 Å². The summed E-state index contributed by atoms with van der Waals surface area (Å²) in [6, 6.07) is 0. The van der Waals surface area contributed by atoms with Crippen LogP contribution in [0.3, 0.4) is 0 Å². The molecule has 0 aromatic heterocycles. The Morgan fingerprint density at radius 1 is 0.800 bits per heavy atom. The Hall–Kier alpha value is -0.730. The van der Waals surface area contributed by atoms with Gasteiger partial charge in [0.2, 0.25) is 0 Å². The van der Waals surface area contributed by atoms with Gasteiger partial charge in [0, 0.05) is 26.2 Å². The first-order chi connectivity index (χ1) is 9.22. The first-order valence-electron chi connectivity index (χ1n) is 8.25. The molecule has 0 bridgehead atoms. The van der Waals surface area contributed by atoms with E-state index >= 15 is 0 Å². The lowest BCUT2D eigenvalue weighted by Crippen LogP contribution is -2.46. The second-order valence-corrected chi connectivity index (χ2v) is 7.53. The van der Waals surface area contributed by atoms with Gasteiger partial charge in [0.1, 0.15) is 0 Å². The quantitative estimate of drug-likeness (QED) is 0.541. The van der Waals surface area contributed by atoms with Crippen molar-refractivity contribution in [3.05, 3.63) is 0 Å². The summed E-state index contributed by atoms with van der Waals surface area (Å²) in [5.41, 5.74) is 0. The van der Waals surface area contributed by atoms with Crippen LogP contribution >= 0.6 is 0 Å². The molecule has 3 nitrogen and oxygen atoms in total. The van der Waals surface area contributed by atoms with E-state index in [-0.39, 0.29) is 0 Å². The Balaban J connectivity index is 4.90. The lowest BCUT2D eigenvalue weighted by molar-refractivity contribution is 0.315. The zero-order valence-electron chi connectivity index (χ0n) is 15.0. The van der Waals surface area contributed by atoms with E-state index in [0.29, 0.717) is 23.7 Å². The molecule has 0 aliphatic carbocycles. The third kappa shape index (κ3) is 10.1. The van der Waals surface area contributed by atoms with E-state index in [4.69, 9.17) is 4.99 Å². The van der Waals surface area contributed by atoms with Crippen molar-refractivity contribution in [1.82, 2.24) is 10.2 Å². The van der Waals surface area contributed by atoms with Crippen molar-refractivity contribution in [3.63, 3.8) is 0 Å². The zero-order chi connectivity index (χ0) is 15.7. The van der Waals surface area contributed by atoms with Gasteiger partial charge >= 0.3 is 0 Å². The predicted molar refractivity (Wildman–Crippen MR) is 91.2 cm³/mol. The third-order valence-corrected chi connectivity index (χ3v) is 2.75. The average molecular weight is 284 g/mol. The van der Waals surface area contributed by atoms with Gasteiger partial charge in [-0.3, -0.25) is 4.99 Å². The van der Waals surface area contributed by atoms with Gasteiger partial charge in [0.15, 0.2) is 5.96 Å².